The third-order valence-electron chi connectivity index (χ3n) is 5.44. The van der Waals surface area contributed by atoms with Gasteiger partial charge in [-0.3, -0.25) is 9.89 Å². The molecule has 0 amide bonds. The fourth-order valence-corrected chi connectivity index (χ4v) is 3.70. The second kappa shape index (κ2) is 10.9. The van der Waals surface area contributed by atoms with Gasteiger partial charge in [-0.25, -0.2) is 0 Å². The third kappa shape index (κ3) is 6.13. The summed E-state index contributed by atoms with van der Waals surface area (Å²) >= 11 is 0. The van der Waals surface area contributed by atoms with Crippen LogP contribution in [0, 0.1) is 0 Å². The molecule has 2 aromatic rings. The van der Waals surface area contributed by atoms with Crippen molar-refractivity contribution < 1.29 is 4.42 Å². The van der Waals surface area contributed by atoms with E-state index in [-0.39, 0.29) is 0 Å². The first kappa shape index (κ1) is 20.5. The Morgan fingerprint density at radius 1 is 1.18 bits per heavy atom. The number of benzene rings is 1. The summed E-state index contributed by atoms with van der Waals surface area (Å²) in [6.07, 6.45) is 5.93. The van der Waals surface area contributed by atoms with Crippen LogP contribution >= 0.6 is 0 Å². The first-order chi connectivity index (χ1) is 13.8. The van der Waals surface area contributed by atoms with Gasteiger partial charge in [0.25, 0.3) is 0 Å². The number of nitrogens with zero attached hydrogens (tertiary/aromatic N) is 2. The molecule has 5 heteroatoms. The summed E-state index contributed by atoms with van der Waals surface area (Å²) in [7, 11) is 0. The Bertz CT molecular complexity index is 691. The van der Waals surface area contributed by atoms with Crippen LogP contribution in [0.4, 0.5) is 0 Å². The zero-order chi connectivity index (χ0) is 19.6. The van der Waals surface area contributed by atoms with Gasteiger partial charge in [0.1, 0.15) is 5.76 Å². The van der Waals surface area contributed by atoms with E-state index in [1.165, 1.54) is 5.56 Å². The van der Waals surface area contributed by atoms with Gasteiger partial charge in [0.15, 0.2) is 5.96 Å². The van der Waals surface area contributed by atoms with Crippen LogP contribution in [0.25, 0.3) is 0 Å². The number of nitrogens with one attached hydrogen (secondary N) is 2. The van der Waals surface area contributed by atoms with E-state index in [0.717, 1.165) is 63.6 Å². The maximum Gasteiger partial charge on any atom is 0.191 e. The van der Waals surface area contributed by atoms with E-state index in [0.29, 0.717) is 12.1 Å². The zero-order valence-corrected chi connectivity index (χ0v) is 17.2. The molecule has 2 N–H and O–H groups in total. The SMILES string of the molecule is CCCN=C(NCCc1ccco1)NC1CCN(C(C)c2ccccc2)CC1. The fraction of sp³-hybridized carbons (Fsp3) is 0.522. The van der Waals surface area contributed by atoms with Crippen molar-refractivity contribution in [1.29, 1.82) is 0 Å². The topological polar surface area (TPSA) is 52.8 Å². The summed E-state index contributed by atoms with van der Waals surface area (Å²) in [6, 6.07) is 15.7. The summed E-state index contributed by atoms with van der Waals surface area (Å²) in [5, 5.41) is 7.12. The number of furan rings is 1. The molecule has 1 unspecified atom stereocenters. The van der Waals surface area contributed by atoms with Crippen LogP contribution in [0.15, 0.2) is 58.1 Å². The Kier molecular flexibility index (Phi) is 7.97. The molecule has 2 heterocycles. The number of piperidine rings is 1. The van der Waals surface area contributed by atoms with E-state index < -0.39 is 0 Å². The highest BCUT2D eigenvalue weighted by Crippen LogP contribution is 2.23. The van der Waals surface area contributed by atoms with E-state index in [4.69, 9.17) is 9.41 Å². The molecule has 0 bridgehead atoms. The van der Waals surface area contributed by atoms with Crippen LogP contribution in [-0.2, 0) is 6.42 Å². The van der Waals surface area contributed by atoms with Gasteiger partial charge in [-0.05, 0) is 43.9 Å². The molecule has 1 atom stereocenters. The van der Waals surface area contributed by atoms with E-state index in [9.17, 15) is 0 Å². The molecule has 0 radical (unpaired) electrons. The van der Waals surface area contributed by atoms with Crippen LogP contribution in [0.2, 0.25) is 0 Å². The second-order valence-corrected chi connectivity index (χ2v) is 7.53. The molecule has 1 aromatic carbocycles. The van der Waals surface area contributed by atoms with E-state index in [2.05, 4.69) is 59.7 Å². The number of hydrogen-bond acceptors (Lipinski definition) is 3. The summed E-state index contributed by atoms with van der Waals surface area (Å²) < 4.78 is 5.41. The molecule has 28 heavy (non-hydrogen) atoms. The maximum atomic E-state index is 5.41. The number of aliphatic imine (C=N–C) groups is 1. The number of rotatable bonds is 8. The van der Waals surface area contributed by atoms with Gasteiger partial charge >= 0.3 is 0 Å². The fourth-order valence-electron chi connectivity index (χ4n) is 3.70. The minimum Gasteiger partial charge on any atom is -0.469 e. The molecule has 3 rings (SSSR count). The highest BCUT2D eigenvalue weighted by atomic mass is 16.3. The molecule has 1 fully saturated rings. The average Bonchev–Trinajstić information content (AvgIpc) is 3.26. The van der Waals surface area contributed by atoms with Gasteiger partial charge < -0.3 is 15.1 Å². The molecule has 1 aromatic heterocycles. The summed E-state index contributed by atoms with van der Waals surface area (Å²) in [4.78, 5) is 7.29. The number of likely N-dealkylation sites (tertiary alicyclic amines) is 1. The standard InChI is InChI=1S/C23H34N4O/c1-3-14-24-23(25-15-11-22-10-7-18-28-22)26-21-12-16-27(17-13-21)19(2)20-8-5-4-6-9-20/h4-10,18-19,21H,3,11-17H2,1-2H3,(H2,24,25,26). The molecule has 152 valence electrons. The Morgan fingerprint density at radius 3 is 2.64 bits per heavy atom. The van der Waals surface area contributed by atoms with Gasteiger partial charge in [-0.1, -0.05) is 37.3 Å². The monoisotopic (exact) mass is 382 g/mol. The van der Waals surface area contributed by atoms with E-state index in [1.54, 1.807) is 6.26 Å². The Labute approximate surface area is 169 Å². The number of guanidine groups is 1. The molecule has 0 aliphatic carbocycles. The Hall–Kier alpha value is -2.27. The number of hydrogen-bond donors (Lipinski definition) is 2. The van der Waals surface area contributed by atoms with Crippen LogP contribution in [0.5, 0.6) is 0 Å². The molecule has 1 aliphatic heterocycles. The third-order valence-corrected chi connectivity index (χ3v) is 5.44. The van der Waals surface area contributed by atoms with Crippen molar-refractivity contribution in [2.45, 2.75) is 51.6 Å². The van der Waals surface area contributed by atoms with Gasteiger partial charge in [0.2, 0.25) is 0 Å². The van der Waals surface area contributed by atoms with Crippen LogP contribution < -0.4 is 10.6 Å². The smallest absolute Gasteiger partial charge is 0.191 e. The largest absolute Gasteiger partial charge is 0.469 e. The van der Waals surface area contributed by atoms with Crippen LogP contribution in [0.1, 0.15) is 50.5 Å². The van der Waals surface area contributed by atoms with Gasteiger partial charge in [-0.2, -0.15) is 0 Å². The van der Waals surface area contributed by atoms with Crippen molar-refractivity contribution in [2.24, 2.45) is 4.99 Å². The minimum atomic E-state index is 0.474. The van der Waals surface area contributed by atoms with Crippen molar-refractivity contribution in [3.63, 3.8) is 0 Å². The Balaban J connectivity index is 1.46. The zero-order valence-electron chi connectivity index (χ0n) is 17.2. The van der Waals surface area contributed by atoms with Crippen molar-refractivity contribution in [2.75, 3.05) is 26.2 Å². The predicted molar refractivity (Wildman–Crippen MR) is 116 cm³/mol. The molecular formula is C23H34N4O. The highest BCUT2D eigenvalue weighted by molar-refractivity contribution is 5.80. The lowest BCUT2D eigenvalue weighted by molar-refractivity contribution is 0.158. The quantitative estimate of drug-likeness (QED) is 0.535. The summed E-state index contributed by atoms with van der Waals surface area (Å²) in [6.45, 7) is 8.37. The molecule has 0 saturated carbocycles. The molecule has 5 nitrogen and oxygen atoms in total. The molecule has 1 aliphatic rings. The first-order valence-electron chi connectivity index (χ1n) is 10.6. The Morgan fingerprint density at radius 2 is 1.96 bits per heavy atom. The van der Waals surface area contributed by atoms with Crippen molar-refractivity contribution in [3.8, 4) is 0 Å². The van der Waals surface area contributed by atoms with Crippen LogP contribution in [-0.4, -0.2) is 43.1 Å². The maximum absolute atomic E-state index is 5.41. The lowest BCUT2D eigenvalue weighted by Gasteiger charge is -2.37. The summed E-state index contributed by atoms with van der Waals surface area (Å²) in [5.41, 5.74) is 1.40. The highest BCUT2D eigenvalue weighted by Gasteiger charge is 2.24. The average molecular weight is 383 g/mol. The van der Waals surface area contributed by atoms with Crippen molar-refractivity contribution in [1.82, 2.24) is 15.5 Å². The van der Waals surface area contributed by atoms with Gasteiger partial charge in [0, 0.05) is 44.7 Å². The predicted octanol–water partition coefficient (Wildman–Crippen LogP) is 3.99. The lowest BCUT2D eigenvalue weighted by atomic mass is 10.0. The first-order valence-corrected chi connectivity index (χ1v) is 10.6. The summed E-state index contributed by atoms with van der Waals surface area (Å²) in [5.74, 6) is 1.94. The van der Waals surface area contributed by atoms with Crippen molar-refractivity contribution >= 4 is 5.96 Å². The van der Waals surface area contributed by atoms with Gasteiger partial charge in [0.05, 0.1) is 6.26 Å². The lowest BCUT2D eigenvalue weighted by Crippen LogP contribution is -2.49. The molecular weight excluding hydrogens is 348 g/mol. The van der Waals surface area contributed by atoms with Gasteiger partial charge in [-0.15, -0.1) is 0 Å². The van der Waals surface area contributed by atoms with E-state index in [1.807, 2.05) is 12.1 Å². The van der Waals surface area contributed by atoms with E-state index >= 15 is 0 Å². The second-order valence-electron chi connectivity index (χ2n) is 7.53. The normalized spacial score (nSPS) is 17.4. The van der Waals surface area contributed by atoms with Crippen LogP contribution in [0.3, 0.4) is 0 Å². The molecule has 1 saturated heterocycles. The van der Waals surface area contributed by atoms with Crippen molar-refractivity contribution in [3.05, 3.63) is 60.1 Å². The molecule has 0 spiro atoms. The minimum absolute atomic E-state index is 0.474.